The summed E-state index contributed by atoms with van der Waals surface area (Å²) in [6.45, 7) is 1.84. The number of halogens is 1. The predicted octanol–water partition coefficient (Wildman–Crippen LogP) is 2.98. The Morgan fingerprint density at radius 2 is 2.12 bits per heavy atom. The average molecular weight is 372 g/mol. The van der Waals surface area contributed by atoms with Crippen molar-refractivity contribution in [2.75, 3.05) is 11.1 Å². The molecule has 3 aromatic rings. The molecule has 1 aromatic carbocycles. The largest absolute Gasteiger partial charge is 0.310 e. The van der Waals surface area contributed by atoms with Gasteiger partial charge >= 0.3 is 0 Å². The van der Waals surface area contributed by atoms with Crippen LogP contribution in [-0.4, -0.2) is 36.2 Å². The van der Waals surface area contributed by atoms with Gasteiger partial charge in [0.25, 0.3) is 0 Å². The Hall–Kier alpha value is -2.68. The van der Waals surface area contributed by atoms with Crippen molar-refractivity contribution in [3.8, 4) is 5.69 Å². The van der Waals surface area contributed by atoms with Crippen molar-refractivity contribution in [3.05, 3.63) is 48.2 Å². The second-order valence-corrected chi connectivity index (χ2v) is 7.09. The van der Waals surface area contributed by atoms with Crippen molar-refractivity contribution in [2.24, 2.45) is 0 Å². The van der Waals surface area contributed by atoms with Crippen molar-refractivity contribution in [1.82, 2.24) is 24.5 Å². The van der Waals surface area contributed by atoms with Crippen LogP contribution in [0.5, 0.6) is 0 Å². The van der Waals surface area contributed by atoms with Gasteiger partial charge in [0, 0.05) is 12.1 Å². The van der Waals surface area contributed by atoms with Crippen LogP contribution in [0.4, 0.5) is 10.2 Å². The lowest BCUT2D eigenvalue weighted by molar-refractivity contribution is -0.113. The third-order valence-electron chi connectivity index (χ3n) is 3.98. The SMILES string of the molecule is Cc1cc(NC(=O)CSc2nncn2C2CC2)n(-c2ccc(F)cc2)n1. The molecule has 1 saturated carbocycles. The third kappa shape index (κ3) is 3.62. The first-order chi connectivity index (χ1) is 12.6. The molecule has 1 aliphatic rings. The van der Waals surface area contributed by atoms with Gasteiger partial charge in [-0.3, -0.25) is 4.79 Å². The van der Waals surface area contributed by atoms with Gasteiger partial charge in [0.05, 0.1) is 17.1 Å². The van der Waals surface area contributed by atoms with E-state index in [1.54, 1.807) is 29.2 Å². The quantitative estimate of drug-likeness (QED) is 0.673. The highest BCUT2D eigenvalue weighted by Gasteiger charge is 2.26. The molecule has 1 aliphatic carbocycles. The number of aryl methyl sites for hydroxylation is 1. The zero-order chi connectivity index (χ0) is 18.1. The zero-order valence-electron chi connectivity index (χ0n) is 14.1. The maximum absolute atomic E-state index is 13.1. The van der Waals surface area contributed by atoms with Crippen molar-refractivity contribution in [1.29, 1.82) is 0 Å². The van der Waals surface area contributed by atoms with E-state index in [9.17, 15) is 9.18 Å². The topological polar surface area (TPSA) is 77.6 Å². The van der Waals surface area contributed by atoms with Crippen LogP contribution in [0.2, 0.25) is 0 Å². The van der Waals surface area contributed by atoms with Crippen LogP contribution in [0, 0.1) is 12.7 Å². The molecule has 0 spiro atoms. The van der Waals surface area contributed by atoms with E-state index in [0.717, 1.165) is 23.7 Å². The Labute approximate surface area is 153 Å². The summed E-state index contributed by atoms with van der Waals surface area (Å²) in [5.74, 6) is 0.283. The smallest absolute Gasteiger partial charge is 0.236 e. The number of amides is 1. The first-order valence-corrected chi connectivity index (χ1v) is 9.23. The Morgan fingerprint density at radius 1 is 1.35 bits per heavy atom. The molecule has 134 valence electrons. The molecule has 0 radical (unpaired) electrons. The highest BCUT2D eigenvalue weighted by Crippen LogP contribution is 2.37. The summed E-state index contributed by atoms with van der Waals surface area (Å²) in [5.41, 5.74) is 1.43. The van der Waals surface area contributed by atoms with Crippen LogP contribution in [-0.2, 0) is 4.79 Å². The third-order valence-corrected chi connectivity index (χ3v) is 4.94. The number of thioether (sulfide) groups is 1. The molecule has 2 aromatic heterocycles. The van der Waals surface area contributed by atoms with Gasteiger partial charge in [-0.15, -0.1) is 10.2 Å². The van der Waals surface area contributed by atoms with Crippen LogP contribution in [0.3, 0.4) is 0 Å². The molecule has 2 heterocycles. The number of nitrogens with one attached hydrogen (secondary N) is 1. The molecule has 0 atom stereocenters. The summed E-state index contributed by atoms with van der Waals surface area (Å²) >= 11 is 1.36. The Balaban J connectivity index is 1.44. The first-order valence-electron chi connectivity index (χ1n) is 8.25. The number of carbonyl (C=O) groups excluding carboxylic acids is 1. The first kappa shape index (κ1) is 16.8. The monoisotopic (exact) mass is 372 g/mol. The number of aromatic nitrogens is 5. The van der Waals surface area contributed by atoms with Gasteiger partial charge in [-0.25, -0.2) is 9.07 Å². The van der Waals surface area contributed by atoms with Gasteiger partial charge in [0.15, 0.2) is 5.16 Å². The lowest BCUT2D eigenvalue weighted by Gasteiger charge is -2.09. The highest BCUT2D eigenvalue weighted by molar-refractivity contribution is 7.99. The normalized spacial score (nSPS) is 13.8. The standard InChI is InChI=1S/C17H17FN6OS/c1-11-8-15(24(22-11)14-4-2-12(18)3-5-14)20-16(25)9-26-17-21-19-10-23(17)13-6-7-13/h2-5,8,10,13H,6-7,9H2,1H3,(H,20,25). The lowest BCUT2D eigenvalue weighted by Crippen LogP contribution is -2.17. The molecular formula is C17H17FN6OS. The van der Waals surface area contributed by atoms with E-state index >= 15 is 0 Å². The summed E-state index contributed by atoms with van der Waals surface area (Å²) < 4.78 is 16.7. The molecule has 1 fully saturated rings. The van der Waals surface area contributed by atoms with Gasteiger partial charge < -0.3 is 9.88 Å². The molecule has 0 saturated heterocycles. The minimum Gasteiger partial charge on any atom is -0.310 e. The molecule has 1 amide bonds. The maximum Gasteiger partial charge on any atom is 0.236 e. The number of anilines is 1. The van der Waals surface area contributed by atoms with Crippen LogP contribution < -0.4 is 5.32 Å². The number of rotatable bonds is 6. The number of nitrogens with zero attached hydrogens (tertiary/aromatic N) is 5. The minimum atomic E-state index is -0.320. The van der Waals surface area contributed by atoms with Crippen molar-refractivity contribution >= 4 is 23.5 Å². The minimum absolute atomic E-state index is 0.163. The molecule has 9 heteroatoms. The molecule has 0 bridgehead atoms. The second-order valence-electron chi connectivity index (χ2n) is 6.15. The Morgan fingerprint density at radius 3 is 2.85 bits per heavy atom. The van der Waals surface area contributed by atoms with Gasteiger partial charge in [-0.2, -0.15) is 5.10 Å². The number of hydrogen-bond acceptors (Lipinski definition) is 5. The maximum atomic E-state index is 13.1. The number of hydrogen-bond donors (Lipinski definition) is 1. The summed E-state index contributed by atoms with van der Waals surface area (Å²) in [6, 6.07) is 8.20. The summed E-state index contributed by atoms with van der Waals surface area (Å²) in [5, 5.41) is 16.0. The number of carbonyl (C=O) groups is 1. The van der Waals surface area contributed by atoms with Crippen LogP contribution in [0.1, 0.15) is 24.6 Å². The van der Waals surface area contributed by atoms with E-state index < -0.39 is 0 Å². The average Bonchev–Trinajstić information content (AvgIpc) is 3.25. The van der Waals surface area contributed by atoms with Crippen LogP contribution in [0.25, 0.3) is 5.69 Å². The molecule has 0 aliphatic heterocycles. The zero-order valence-corrected chi connectivity index (χ0v) is 14.9. The van der Waals surface area contributed by atoms with E-state index in [4.69, 9.17) is 0 Å². The fourth-order valence-electron chi connectivity index (χ4n) is 2.62. The van der Waals surface area contributed by atoms with Gasteiger partial charge in [0.1, 0.15) is 18.0 Å². The van der Waals surface area contributed by atoms with Crippen LogP contribution >= 0.6 is 11.8 Å². The van der Waals surface area contributed by atoms with E-state index in [1.807, 2.05) is 11.5 Å². The molecule has 0 unspecified atom stereocenters. The predicted molar refractivity (Wildman–Crippen MR) is 95.9 cm³/mol. The number of benzene rings is 1. The summed E-state index contributed by atoms with van der Waals surface area (Å²) in [4.78, 5) is 12.4. The van der Waals surface area contributed by atoms with E-state index in [-0.39, 0.29) is 17.5 Å². The summed E-state index contributed by atoms with van der Waals surface area (Å²) in [7, 11) is 0. The van der Waals surface area contributed by atoms with Crippen molar-refractivity contribution in [3.63, 3.8) is 0 Å². The van der Waals surface area contributed by atoms with Crippen molar-refractivity contribution in [2.45, 2.75) is 31.0 Å². The molecule has 26 heavy (non-hydrogen) atoms. The fourth-order valence-corrected chi connectivity index (χ4v) is 3.40. The highest BCUT2D eigenvalue weighted by atomic mass is 32.2. The fraction of sp³-hybridized carbons (Fsp3) is 0.294. The molecule has 4 rings (SSSR count). The molecule has 1 N–H and O–H groups in total. The van der Waals surface area contributed by atoms with Gasteiger partial charge in [-0.05, 0) is 44.0 Å². The second kappa shape index (κ2) is 6.91. The van der Waals surface area contributed by atoms with Gasteiger partial charge in [0.2, 0.25) is 5.91 Å². The lowest BCUT2D eigenvalue weighted by atomic mass is 10.3. The molecule has 7 nitrogen and oxygen atoms in total. The van der Waals surface area contributed by atoms with Crippen molar-refractivity contribution < 1.29 is 9.18 Å². The summed E-state index contributed by atoms with van der Waals surface area (Å²) in [6.07, 6.45) is 3.98. The Kier molecular flexibility index (Phi) is 4.46. The van der Waals surface area contributed by atoms with E-state index in [0.29, 0.717) is 17.5 Å². The van der Waals surface area contributed by atoms with E-state index in [2.05, 4.69) is 20.6 Å². The van der Waals surface area contributed by atoms with Gasteiger partial charge in [-0.1, -0.05) is 11.8 Å². The Bertz CT molecular complexity index is 931. The molecular weight excluding hydrogens is 355 g/mol. The van der Waals surface area contributed by atoms with Crippen LogP contribution in [0.15, 0.2) is 41.8 Å². The van der Waals surface area contributed by atoms with E-state index in [1.165, 1.54) is 23.9 Å².